The van der Waals surface area contributed by atoms with Gasteiger partial charge in [-0.05, 0) is 31.2 Å². The summed E-state index contributed by atoms with van der Waals surface area (Å²) in [7, 11) is 1.71. The Bertz CT molecular complexity index is 606. The first-order chi connectivity index (χ1) is 8.47. The third-order valence-corrected chi connectivity index (χ3v) is 2.80. The number of aryl methyl sites for hydroxylation is 2. The van der Waals surface area contributed by atoms with E-state index in [-0.39, 0.29) is 5.91 Å². The van der Waals surface area contributed by atoms with Crippen LogP contribution in [0, 0.1) is 6.92 Å². The van der Waals surface area contributed by atoms with Crippen LogP contribution < -0.4 is 11.1 Å². The number of aromatic nitrogens is 2. The van der Waals surface area contributed by atoms with Crippen molar-refractivity contribution >= 4 is 28.9 Å². The number of carbonyl (C=O) groups excluding carboxylic acids is 1. The number of amides is 1. The van der Waals surface area contributed by atoms with Crippen molar-refractivity contribution in [3.63, 3.8) is 0 Å². The normalized spacial score (nSPS) is 10.4. The van der Waals surface area contributed by atoms with E-state index in [2.05, 4.69) is 10.4 Å². The summed E-state index contributed by atoms with van der Waals surface area (Å²) in [6.07, 6.45) is 0. The zero-order valence-corrected chi connectivity index (χ0v) is 10.8. The fraction of sp³-hybridized carbons (Fsp3) is 0.167. The van der Waals surface area contributed by atoms with Gasteiger partial charge in [0.1, 0.15) is 5.69 Å². The fourth-order valence-corrected chi connectivity index (χ4v) is 1.81. The number of carbonyl (C=O) groups is 1. The summed E-state index contributed by atoms with van der Waals surface area (Å²) in [6, 6.07) is 6.63. The van der Waals surface area contributed by atoms with E-state index in [1.54, 1.807) is 31.3 Å². The van der Waals surface area contributed by atoms with Crippen molar-refractivity contribution < 1.29 is 4.79 Å². The molecule has 0 spiro atoms. The molecule has 0 aliphatic rings. The molecule has 1 heterocycles. The third kappa shape index (κ3) is 2.46. The van der Waals surface area contributed by atoms with Gasteiger partial charge in [0.2, 0.25) is 0 Å². The smallest absolute Gasteiger partial charge is 0.273 e. The Morgan fingerprint density at radius 3 is 2.78 bits per heavy atom. The molecule has 0 radical (unpaired) electrons. The van der Waals surface area contributed by atoms with Gasteiger partial charge in [-0.3, -0.25) is 9.48 Å². The second-order valence-electron chi connectivity index (χ2n) is 3.99. The van der Waals surface area contributed by atoms with Gasteiger partial charge < -0.3 is 11.1 Å². The number of nitrogen functional groups attached to an aromatic ring is 1. The topological polar surface area (TPSA) is 72.9 Å². The summed E-state index contributed by atoms with van der Waals surface area (Å²) in [5.41, 5.74) is 7.92. The summed E-state index contributed by atoms with van der Waals surface area (Å²) in [4.78, 5) is 12.0. The van der Waals surface area contributed by atoms with Crippen LogP contribution in [0.4, 0.5) is 11.4 Å². The maximum absolute atomic E-state index is 12.0. The van der Waals surface area contributed by atoms with E-state index >= 15 is 0 Å². The molecule has 1 aromatic carbocycles. The van der Waals surface area contributed by atoms with Gasteiger partial charge in [-0.25, -0.2) is 0 Å². The molecule has 1 amide bonds. The van der Waals surface area contributed by atoms with Gasteiger partial charge in [0.15, 0.2) is 0 Å². The number of nitrogens with two attached hydrogens (primary N) is 1. The van der Waals surface area contributed by atoms with Crippen molar-refractivity contribution in [1.82, 2.24) is 9.78 Å². The van der Waals surface area contributed by atoms with Crippen molar-refractivity contribution in [2.45, 2.75) is 6.92 Å². The molecule has 2 rings (SSSR count). The van der Waals surface area contributed by atoms with Crippen molar-refractivity contribution in [1.29, 1.82) is 0 Å². The number of nitrogens with one attached hydrogen (secondary N) is 1. The highest BCUT2D eigenvalue weighted by Crippen LogP contribution is 2.24. The first-order valence-electron chi connectivity index (χ1n) is 5.34. The molecule has 0 saturated carbocycles. The minimum atomic E-state index is -0.273. The molecule has 2 aromatic rings. The van der Waals surface area contributed by atoms with Crippen LogP contribution in [0.2, 0.25) is 5.02 Å². The lowest BCUT2D eigenvalue weighted by Crippen LogP contribution is -2.16. The summed E-state index contributed by atoms with van der Waals surface area (Å²) in [5.74, 6) is -0.273. The van der Waals surface area contributed by atoms with Gasteiger partial charge in [-0.1, -0.05) is 11.6 Å². The summed E-state index contributed by atoms with van der Waals surface area (Å²) < 4.78 is 1.52. The molecule has 0 saturated heterocycles. The molecule has 6 heteroatoms. The van der Waals surface area contributed by atoms with Crippen LogP contribution in [0.5, 0.6) is 0 Å². The molecule has 1 aromatic heterocycles. The van der Waals surface area contributed by atoms with Crippen LogP contribution >= 0.6 is 11.6 Å². The van der Waals surface area contributed by atoms with Crippen molar-refractivity contribution in [3.05, 3.63) is 40.7 Å². The second-order valence-corrected chi connectivity index (χ2v) is 4.40. The van der Waals surface area contributed by atoms with Crippen LogP contribution in [0.1, 0.15) is 16.2 Å². The average molecular weight is 265 g/mol. The quantitative estimate of drug-likeness (QED) is 0.817. The Labute approximate surface area is 110 Å². The van der Waals surface area contributed by atoms with E-state index in [0.717, 1.165) is 5.69 Å². The Morgan fingerprint density at radius 2 is 2.17 bits per heavy atom. The number of hydrogen-bond acceptors (Lipinski definition) is 3. The number of nitrogens with zero attached hydrogens (tertiary/aromatic N) is 2. The standard InChI is InChI=1S/C12H13ClN4O/c1-7-5-11(17(2)16-7)12(18)15-10-6-8(14)3-4-9(10)13/h3-6H,14H2,1-2H3,(H,15,18). The zero-order chi connectivity index (χ0) is 13.3. The van der Waals surface area contributed by atoms with E-state index in [4.69, 9.17) is 17.3 Å². The van der Waals surface area contributed by atoms with Crippen LogP contribution in [0.3, 0.4) is 0 Å². The highest BCUT2D eigenvalue weighted by atomic mass is 35.5. The van der Waals surface area contributed by atoms with Crippen LogP contribution in [-0.4, -0.2) is 15.7 Å². The minimum Gasteiger partial charge on any atom is -0.399 e. The molecule has 18 heavy (non-hydrogen) atoms. The molecular weight excluding hydrogens is 252 g/mol. The number of anilines is 2. The number of hydrogen-bond donors (Lipinski definition) is 2. The minimum absolute atomic E-state index is 0.273. The molecule has 94 valence electrons. The van der Waals surface area contributed by atoms with Crippen LogP contribution in [-0.2, 0) is 7.05 Å². The van der Waals surface area contributed by atoms with Crippen LogP contribution in [0.15, 0.2) is 24.3 Å². The lowest BCUT2D eigenvalue weighted by Gasteiger charge is -2.07. The van der Waals surface area contributed by atoms with E-state index < -0.39 is 0 Å². The van der Waals surface area contributed by atoms with Gasteiger partial charge in [-0.2, -0.15) is 5.10 Å². The Morgan fingerprint density at radius 1 is 1.44 bits per heavy atom. The van der Waals surface area contributed by atoms with Gasteiger partial charge in [0, 0.05) is 12.7 Å². The lowest BCUT2D eigenvalue weighted by atomic mass is 10.2. The Kier molecular flexibility index (Phi) is 3.25. The van der Waals surface area contributed by atoms with Crippen LogP contribution in [0.25, 0.3) is 0 Å². The fourth-order valence-electron chi connectivity index (χ4n) is 1.65. The molecule has 5 nitrogen and oxygen atoms in total. The van der Waals surface area contributed by atoms with Crippen molar-refractivity contribution in [2.75, 3.05) is 11.1 Å². The maximum Gasteiger partial charge on any atom is 0.273 e. The van der Waals surface area contributed by atoms with Crippen molar-refractivity contribution in [3.8, 4) is 0 Å². The largest absolute Gasteiger partial charge is 0.399 e. The van der Waals surface area contributed by atoms with Gasteiger partial charge in [-0.15, -0.1) is 0 Å². The van der Waals surface area contributed by atoms with Gasteiger partial charge in [0.05, 0.1) is 16.4 Å². The summed E-state index contributed by atoms with van der Waals surface area (Å²) in [6.45, 7) is 1.82. The second kappa shape index (κ2) is 4.70. The van der Waals surface area contributed by atoms with E-state index in [0.29, 0.717) is 22.1 Å². The highest BCUT2D eigenvalue weighted by Gasteiger charge is 2.13. The molecule has 0 unspecified atom stereocenters. The van der Waals surface area contributed by atoms with Gasteiger partial charge in [0.25, 0.3) is 5.91 Å². The molecule has 0 aliphatic carbocycles. The molecule has 0 atom stereocenters. The maximum atomic E-state index is 12.0. The first-order valence-corrected chi connectivity index (χ1v) is 5.72. The number of benzene rings is 1. The number of halogens is 1. The van der Waals surface area contributed by atoms with Gasteiger partial charge >= 0.3 is 0 Å². The summed E-state index contributed by atoms with van der Waals surface area (Å²) in [5, 5.41) is 7.26. The average Bonchev–Trinajstić information content (AvgIpc) is 2.63. The SMILES string of the molecule is Cc1cc(C(=O)Nc2cc(N)ccc2Cl)n(C)n1. The summed E-state index contributed by atoms with van der Waals surface area (Å²) >= 11 is 5.98. The van der Waals surface area contributed by atoms with Crippen molar-refractivity contribution in [2.24, 2.45) is 7.05 Å². The monoisotopic (exact) mass is 264 g/mol. The predicted octanol–water partition coefficient (Wildman–Crippen LogP) is 2.22. The van der Waals surface area contributed by atoms with E-state index in [9.17, 15) is 4.79 Å². The Balaban J connectivity index is 2.26. The molecule has 0 aliphatic heterocycles. The number of rotatable bonds is 2. The molecule has 0 bridgehead atoms. The molecule has 0 fully saturated rings. The van der Waals surface area contributed by atoms with E-state index in [1.807, 2.05) is 6.92 Å². The zero-order valence-electron chi connectivity index (χ0n) is 10.1. The predicted molar refractivity (Wildman–Crippen MR) is 71.8 cm³/mol. The molecular formula is C12H13ClN4O. The third-order valence-electron chi connectivity index (χ3n) is 2.47. The molecule has 3 N–H and O–H groups in total. The lowest BCUT2D eigenvalue weighted by molar-refractivity contribution is 0.101. The highest BCUT2D eigenvalue weighted by molar-refractivity contribution is 6.34. The first kappa shape index (κ1) is 12.4. The Hall–Kier alpha value is -2.01. The van der Waals surface area contributed by atoms with E-state index in [1.165, 1.54) is 4.68 Å².